The highest BCUT2D eigenvalue weighted by Gasteiger charge is 2.20. The number of rotatable bonds is 7. The maximum atomic E-state index is 11.8. The van der Waals surface area contributed by atoms with Gasteiger partial charge in [-0.2, -0.15) is 4.99 Å². The quantitative estimate of drug-likeness (QED) is 0.359. The van der Waals surface area contributed by atoms with Crippen LogP contribution in [-0.4, -0.2) is 22.6 Å². The third-order valence-electron chi connectivity index (χ3n) is 3.77. The minimum Gasteiger partial charge on any atom is -0.490 e. The summed E-state index contributed by atoms with van der Waals surface area (Å²) in [7, 11) is 0. The number of halogens is 1. The Labute approximate surface area is 179 Å². The second kappa shape index (κ2) is 9.10. The van der Waals surface area contributed by atoms with E-state index < -0.39 is 4.92 Å². The number of aliphatic imine (C=N–C) groups is 1. The van der Waals surface area contributed by atoms with Gasteiger partial charge >= 0.3 is 0 Å². The van der Waals surface area contributed by atoms with Gasteiger partial charge in [0.2, 0.25) is 0 Å². The molecule has 0 fully saturated rings. The fraction of sp³-hybridized carbons (Fsp3) is 0.158. The molecule has 0 spiro atoms. The summed E-state index contributed by atoms with van der Waals surface area (Å²) < 4.78 is 12.2. The first-order chi connectivity index (χ1) is 13.9. The van der Waals surface area contributed by atoms with Gasteiger partial charge in [-0.1, -0.05) is 12.1 Å². The predicted molar refractivity (Wildman–Crippen MR) is 115 cm³/mol. The lowest BCUT2D eigenvalue weighted by Crippen LogP contribution is -2.02. The van der Waals surface area contributed by atoms with E-state index in [9.17, 15) is 14.9 Å². The van der Waals surface area contributed by atoms with Crippen molar-refractivity contribution in [1.29, 1.82) is 0 Å². The lowest BCUT2D eigenvalue weighted by molar-refractivity contribution is -0.384. The number of nitro groups is 1. The highest BCUT2D eigenvalue weighted by molar-refractivity contribution is 9.10. The van der Waals surface area contributed by atoms with E-state index in [2.05, 4.69) is 20.9 Å². The molecule has 0 bridgehead atoms. The number of nitrogens with two attached hydrogens (primary N) is 1. The normalized spacial score (nSPS) is 14.8. The van der Waals surface area contributed by atoms with Crippen LogP contribution >= 0.6 is 27.7 Å². The lowest BCUT2D eigenvalue weighted by Gasteiger charge is -2.15. The molecule has 150 valence electrons. The molecule has 1 amide bonds. The summed E-state index contributed by atoms with van der Waals surface area (Å²) in [6.07, 6.45) is 1.67. The molecule has 0 radical (unpaired) electrons. The van der Waals surface area contributed by atoms with Crippen molar-refractivity contribution < 1.29 is 19.2 Å². The smallest absolute Gasteiger partial charge is 0.286 e. The van der Waals surface area contributed by atoms with E-state index in [-0.39, 0.29) is 23.4 Å². The van der Waals surface area contributed by atoms with Crippen molar-refractivity contribution >= 4 is 50.5 Å². The number of nitrogens with zero attached hydrogens (tertiary/aromatic N) is 2. The van der Waals surface area contributed by atoms with E-state index in [4.69, 9.17) is 15.2 Å². The third kappa shape index (κ3) is 5.15. The number of carbonyl (C=O) groups is 1. The zero-order valence-electron chi connectivity index (χ0n) is 15.3. The first-order valence-electron chi connectivity index (χ1n) is 8.48. The van der Waals surface area contributed by atoms with Crippen LogP contribution in [0.15, 0.2) is 50.8 Å². The molecule has 1 aliphatic heterocycles. The van der Waals surface area contributed by atoms with Crippen molar-refractivity contribution in [1.82, 2.24) is 0 Å². The average molecular weight is 478 g/mol. The monoisotopic (exact) mass is 477 g/mol. The Kier molecular flexibility index (Phi) is 6.55. The van der Waals surface area contributed by atoms with Gasteiger partial charge in [0.15, 0.2) is 16.7 Å². The molecule has 8 nitrogen and oxygen atoms in total. The fourth-order valence-electron chi connectivity index (χ4n) is 2.57. The summed E-state index contributed by atoms with van der Waals surface area (Å²) in [6.45, 7) is 2.37. The van der Waals surface area contributed by atoms with Gasteiger partial charge in [-0.05, 0) is 64.0 Å². The number of amides is 1. The van der Waals surface area contributed by atoms with Crippen LogP contribution in [0.25, 0.3) is 6.08 Å². The molecule has 0 saturated heterocycles. The summed E-state index contributed by atoms with van der Waals surface area (Å²) in [6, 6.07) is 9.75. The first kappa shape index (κ1) is 20.9. The van der Waals surface area contributed by atoms with Crippen LogP contribution in [0.4, 0.5) is 5.69 Å². The van der Waals surface area contributed by atoms with Crippen LogP contribution in [0, 0.1) is 10.1 Å². The summed E-state index contributed by atoms with van der Waals surface area (Å²) in [5.41, 5.74) is 6.94. The molecule has 1 heterocycles. The summed E-state index contributed by atoms with van der Waals surface area (Å²) in [5.74, 6) is 0.553. The topological polar surface area (TPSA) is 117 Å². The number of amidine groups is 1. The number of ether oxygens (including phenoxy) is 2. The molecule has 0 aliphatic carbocycles. The van der Waals surface area contributed by atoms with Gasteiger partial charge in [0.1, 0.15) is 6.61 Å². The van der Waals surface area contributed by atoms with Crippen molar-refractivity contribution in [3.8, 4) is 11.5 Å². The zero-order valence-corrected chi connectivity index (χ0v) is 17.7. The standard InChI is InChI=1S/C19H16BrN3O5S/c1-2-27-15-8-12(9-16-18(24)22-19(21)29-16)7-14(20)17(15)28-10-11-4-3-5-13(6-11)23(25)26/h3-9H,2,10H2,1H3,(H2,21,22,24). The second-order valence-electron chi connectivity index (χ2n) is 5.84. The molecule has 2 aromatic rings. The van der Waals surface area contributed by atoms with Crippen molar-refractivity contribution in [2.75, 3.05) is 6.61 Å². The molecular formula is C19H16BrN3O5S. The van der Waals surface area contributed by atoms with Gasteiger partial charge < -0.3 is 15.2 Å². The van der Waals surface area contributed by atoms with Crippen LogP contribution in [-0.2, 0) is 11.4 Å². The SMILES string of the molecule is CCOc1cc(C=C2SC(N)=NC2=O)cc(Br)c1OCc1cccc([N+](=O)[O-])c1. The molecule has 2 N–H and O–H groups in total. The number of carbonyl (C=O) groups excluding carboxylic acids is 1. The molecular weight excluding hydrogens is 462 g/mol. The Morgan fingerprint density at radius 2 is 2.10 bits per heavy atom. The Morgan fingerprint density at radius 3 is 2.76 bits per heavy atom. The van der Waals surface area contributed by atoms with Gasteiger partial charge in [0, 0.05) is 12.1 Å². The van der Waals surface area contributed by atoms with E-state index in [0.717, 1.165) is 11.8 Å². The van der Waals surface area contributed by atoms with Crippen LogP contribution in [0.2, 0.25) is 0 Å². The summed E-state index contributed by atoms with van der Waals surface area (Å²) in [4.78, 5) is 26.4. The molecule has 0 saturated carbocycles. The number of nitro benzene ring substituents is 1. The number of thioether (sulfide) groups is 1. The second-order valence-corrected chi connectivity index (χ2v) is 7.76. The zero-order chi connectivity index (χ0) is 21.0. The Bertz CT molecular complexity index is 1040. The van der Waals surface area contributed by atoms with E-state index in [1.54, 1.807) is 30.3 Å². The van der Waals surface area contributed by atoms with Gasteiger partial charge in [0.05, 0.1) is 20.9 Å². The molecule has 3 rings (SSSR count). The largest absolute Gasteiger partial charge is 0.490 e. The maximum Gasteiger partial charge on any atom is 0.286 e. The Hall–Kier alpha value is -2.85. The van der Waals surface area contributed by atoms with E-state index >= 15 is 0 Å². The van der Waals surface area contributed by atoms with Crippen LogP contribution < -0.4 is 15.2 Å². The van der Waals surface area contributed by atoms with Crippen LogP contribution in [0.3, 0.4) is 0 Å². The van der Waals surface area contributed by atoms with E-state index in [0.29, 0.717) is 38.6 Å². The maximum absolute atomic E-state index is 11.8. The summed E-state index contributed by atoms with van der Waals surface area (Å²) in [5, 5.41) is 11.1. The lowest BCUT2D eigenvalue weighted by atomic mass is 10.1. The highest BCUT2D eigenvalue weighted by atomic mass is 79.9. The Balaban J connectivity index is 1.85. The number of benzene rings is 2. The number of hydrogen-bond acceptors (Lipinski definition) is 7. The van der Waals surface area contributed by atoms with Crippen molar-refractivity contribution in [3.63, 3.8) is 0 Å². The molecule has 2 aromatic carbocycles. The van der Waals surface area contributed by atoms with Crippen LogP contribution in [0.5, 0.6) is 11.5 Å². The fourth-order valence-corrected chi connectivity index (χ4v) is 3.82. The first-order valence-corrected chi connectivity index (χ1v) is 10.1. The molecule has 10 heteroatoms. The van der Waals surface area contributed by atoms with Crippen molar-refractivity contribution in [2.45, 2.75) is 13.5 Å². The van der Waals surface area contributed by atoms with E-state index in [1.165, 1.54) is 12.1 Å². The molecule has 29 heavy (non-hydrogen) atoms. The van der Waals surface area contributed by atoms with Gasteiger partial charge in [-0.3, -0.25) is 14.9 Å². The van der Waals surface area contributed by atoms with Crippen molar-refractivity contribution in [3.05, 3.63) is 67.0 Å². The summed E-state index contributed by atoms with van der Waals surface area (Å²) >= 11 is 4.57. The minimum absolute atomic E-state index is 0.00241. The van der Waals surface area contributed by atoms with Crippen molar-refractivity contribution in [2.24, 2.45) is 10.7 Å². The highest BCUT2D eigenvalue weighted by Crippen LogP contribution is 2.39. The number of hydrogen-bond donors (Lipinski definition) is 1. The van der Waals surface area contributed by atoms with Crippen LogP contribution in [0.1, 0.15) is 18.1 Å². The molecule has 1 aliphatic rings. The van der Waals surface area contributed by atoms with Gasteiger partial charge in [-0.15, -0.1) is 0 Å². The third-order valence-corrected chi connectivity index (χ3v) is 5.17. The van der Waals surface area contributed by atoms with Gasteiger partial charge in [0.25, 0.3) is 11.6 Å². The van der Waals surface area contributed by atoms with Gasteiger partial charge in [-0.25, -0.2) is 0 Å². The Morgan fingerprint density at radius 1 is 1.31 bits per heavy atom. The number of non-ortho nitro benzene ring substituents is 1. The molecule has 0 unspecified atom stereocenters. The minimum atomic E-state index is -0.452. The average Bonchev–Trinajstić information content (AvgIpc) is 2.98. The predicted octanol–water partition coefficient (Wildman–Crippen LogP) is 4.26. The molecule has 0 atom stereocenters. The van der Waals surface area contributed by atoms with E-state index in [1.807, 2.05) is 6.92 Å². The molecule has 0 aromatic heterocycles.